The summed E-state index contributed by atoms with van der Waals surface area (Å²) in [7, 11) is 0. The molecule has 2 N–H and O–H groups in total. The number of benzene rings is 1. The zero-order valence-electron chi connectivity index (χ0n) is 15.9. The molecule has 6 heteroatoms. The number of guanidine groups is 1. The number of nitrogens with one attached hydrogen (secondary N) is 2. The van der Waals surface area contributed by atoms with Gasteiger partial charge < -0.3 is 15.5 Å². The zero-order chi connectivity index (χ0) is 17.2. The first-order chi connectivity index (χ1) is 11.7. The molecule has 0 radical (unpaired) electrons. The lowest BCUT2D eigenvalue weighted by atomic mass is 10.1. The molecule has 0 unspecified atom stereocenters. The van der Waals surface area contributed by atoms with Crippen LogP contribution in [0.2, 0.25) is 0 Å². The fourth-order valence-corrected chi connectivity index (χ4v) is 2.87. The largest absolute Gasteiger partial charge is 0.357 e. The molecule has 0 aromatic heterocycles. The van der Waals surface area contributed by atoms with Crippen molar-refractivity contribution in [2.75, 3.05) is 52.4 Å². The Morgan fingerprint density at radius 2 is 1.64 bits per heavy atom. The highest BCUT2D eigenvalue weighted by molar-refractivity contribution is 14.0. The summed E-state index contributed by atoms with van der Waals surface area (Å²) in [5.41, 5.74) is 2.53. The molecule has 1 aromatic carbocycles. The quantitative estimate of drug-likeness (QED) is 0.373. The van der Waals surface area contributed by atoms with Gasteiger partial charge in [-0.3, -0.25) is 4.90 Å². The molecule has 2 rings (SSSR count). The number of halogens is 1. The zero-order valence-corrected chi connectivity index (χ0v) is 18.3. The summed E-state index contributed by atoms with van der Waals surface area (Å²) in [6.45, 7) is 16.0. The standard InChI is InChI=1S/C19H33N5.HI/c1-4-20-19(22-16-18-8-6-17(3)7-9-18)21-10-11-24-14-12-23(5-2)13-15-24;/h6-9H,4-5,10-16H2,1-3H3,(H2,20,21,22);1H. The van der Waals surface area contributed by atoms with Crippen molar-refractivity contribution in [2.24, 2.45) is 4.99 Å². The summed E-state index contributed by atoms with van der Waals surface area (Å²) in [5.74, 6) is 0.908. The molecule has 1 fully saturated rings. The molecule has 1 heterocycles. The second-order valence-corrected chi connectivity index (χ2v) is 6.38. The number of aryl methyl sites for hydroxylation is 1. The van der Waals surface area contributed by atoms with Crippen LogP contribution in [0.1, 0.15) is 25.0 Å². The van der Waals surface area contributed by atoms with Crippen LogP contribution in [0.5, 0.6) is 0 Å². The maximum absolute atomic E-state index is 4.69. The third kappa shape index (κ3) is 8.37. The lowest BCUT2D eigenvalue weighted by molar-refractivity contribution is 0.139. The van der Waals surface area contributed by atoms with Gasteiger partial charge >= 0.3 is 0 Å². The van der Waals surface area contributed by atoms with Crippen LogP contribution in [-0.4, -0.2) is 68.1 Å². The SMILES string of the molecule is CCNC(=NCc1ccc(C)cc1)NCCN1CCN(CC)CC1.I. The first-order valence-corrected chi connectivity index (χ1v) is 9.23. The molecule has 1 saturated heterocycles. The fraction of sp³-hybridized carbons (Fsp3) is 0.632. The van der Waals surface area contributed by atoms with E-state index in [1.54, 1.807) is 0 Å². The smallest absolute Gasteiger partial charge is 0.191 e. The molecule has 0 bridgehead atoms. The third-order valence-electron chi connectivity index (χ3n) is 4.52. The van der Waals surface area contributed by atoms with Gasteiger partial charge in [0.25, 0.3) is 0 Å². The van der Waals surface area contributed by atoms with E-state index in [0.717, 1.165) is 25.6 Å². The van der Waals surface area contributed by atoms with Gasteiger partial charge in [0.05, 0.1) is 6.54 Å². The number of hydrogen-bond donors (Lipinski definition) is 2. The molecule has 1 aliphatic rings. The molecule has 0 atom stereocenters. The van der Waals surface area contributed by atoms with Crippen molar-refractivity contribution in [2.45, 2.75) is 27.3 Å². The Labute approximate surface area is 170 Å². The van der Waals surface area contributed by atoms with Crippen molar-refractivity contribution in [1.29, 1.82) is 0 Å². The van der Waals surface area contributed by atoms with Crippen LogP contribution in [0.3, 0.4) is 0 Å². The van der Waals surface area contributed by atoms with Gasteiger partial charge in [0, 0.05) is 45.8 Å². The molecule has 0 amide bonds. The van der Waals surface area contributed by atoms with E-state index < -0.39 is 0 Å². The van der Waals surface area contributed by atoms with Gasteiger partial charge in [-0.1, -0.05) is 36.8 Å². The highest BCUT2D eigenvalue weighted by Gasteiger charge is 2.14. The minimum Gasteiger partial charge on any atom is -0.357 e. The lowest BCUT2D eigenvalue weighted by Crippen LogP contribution is -2.49. The van der Waals surface area contributed by atoms with Gasteiger partial charge in [-0.15, -0.1) is 24.0 Å². The van der Waals surface area contributed by atoms with Crippen molar-refractivity contribution >= 4 is 29.9 Å². The molecule has 1 aromatic rings. The Morgan fingerprint density at radius 3 is 2.24 bits per heavy atom. The van der Waals surface area contributed by atoms with Crippen LogP contribution in [0.4, 0.5) is 0 Å². The van der Waals surface area contributed by atoms with Crippen molar-refractivity contribution < 1.29 is 0 Å². The van der Waals surface area contributed by atoms with Crippen molar-refractivity contribution in [3.8, 4) is 0 Å². The molecule has 1 aliphatic heterocycles. The van der Waals surface area contributed by atoms with E-state index in [-0.39, 0.29) is 24.0 Å². The Kier molecular flexibility index (Phi) is 11.1. The molecular weight excluding hydrogens is 425 g/mol. The normalized spacial score (nSPS) is 16.4. The Hall–Kier alpha value is -0.860. The maximum Gasteiger partial charge on any atom is 0.191 e. The second kappa shape index (κ2) is 12.5. The van der Waals surface area contributed by atoms with E-state index in [1.165, 1.54) is 43.9 Å². The van der Waals surface area contributed by atoms with Crippen LogP contribution < -0.4 is 10.6 Å². The number of likely N-dealkylation sites (N-methyl/N-ethyl adjacent to an activating group) is 1. The van der Waals surface area contributed by atoms with Gasteiger partial charge in [0.2, 0.25) is 0 Å². The lowest BCUT2D eigenvalue weighted by Gasteiger charge is -2.34. The van der Waals surface area contributed by atoms with Gasteiger partial charge in [-0.2, -0.15) is 0 Å². The number of hydrogen-bond acceptors (Lipinski definition) is 3. The van der Waals surface area contributed by atoms with Gasteiger partial charge in [0.15, 0.2) is 5.96 Å². The summed E-state index contributed by atoms with van der Waals surface area (Å²) in [4.78, 5) is 9.73. The highest BCUT2D eigenvalue weighted by atomic mass is 127. The molecule has 0 spiro atoms. The van der Waals surface area contributed by atoms with Crippen molar-refractivity contribution in [3.63, 3.8) is 0 Å². The minimum absolute atomic E-state index is 0. The highest BCUT2D eigenvalue weighted by Crippen LogP contribution is 2.04. The first kappa shape index (κ1) is 22.2. The molecule has 142 valence electrons. The maximum atomic E-state index is 4.69. The fourth-order valence-electron chi connectivity index (χ4n) is 2.87. The number of nitrogens with zero attached hydrogens (tertiary/aromatic N) is 3. The van der Waals surface area contributed by atoms with Crippen LogP contribution in [-0.2, 0) is 6.54 Å². The second-order valence-electron chi connectivity index (χ2n) is 6.38. The van der Waals surface area contributed by atoms with Gasteiger partial charge in [-0.05, 0) is 26.0 Å². The topological polar surface area (TPSA) is 42.9 Å². The number of aliphatic imine (C=N–C) groups is 1. The minimum atomic E-state index is 0. The average Bonchev–Trinajstić information content (AvgIpc) is 2.61. The third-order valence-corrected chi connectivity index (χ3v) is 4.52. The molecule has 0 saturated carbocycles. The van der Waals surface area contributed by atoms with E-state index in [4.69, 9.17) is 0 Å². The Bertz CT molecular complexity index is 495. The summed E-state index contributed by atoms with van der Waals surface area (Å²) in [5, 5.41) is 6.79. The molecule has 25 heavy (non-hydrogen) atoms. The Balaban J connectivity index is 0.00000312. The van der Waals surface area contributed by atoms with E-state index >= 15 is 0 Å². The van der Waals surface area contributed by atoms with Crippen molar-refractivity contribution in [1.82, 2.24) is 20.4 Å². The van der Waals surface area contributed by atoms with E-state index in [0.29, 0.717) is 6.54 Å². The summed E-state index contributed by atoms with van der Waals surface area (Å²) in [6.07, 6.45) is 0. The Morgan fingerprint density at radius 1 is 1.00 bits per heavy atom. The first-order valence-electron chi connectivity index (χ1n) is 9.23. The van der Waals surface area contributed by atoms with Crippen molar-refractivity contribution in [3.05, 3.63) is 35.4 Å². The average molecular weight is 459 g/mol. The summed E-state index contributed by atoms with van der Waals surface area (Å²) in [6, 6.07) is 8.58. The number of piperazine rings is 1. The predicted molar refractivity (Wildman–Crippen MR) is 118 cm³/mol. The predicted octanol–water partition coefficient (Wildman–Crippen LogP) is 2.31. The monoisotopic (exact) mass is 459 g/mol. The van der Waals surface area contributed by atoms with Crippen LogP contribution in [0.25, 0.3) is 0 Å². The van der Waals surface area contributed by atoms with Crippen LogP contribution >= 0.6 is 24.0 Å². The summed E-state index contributed by atoms with van der Waals surface area (Å²) < 4.78 is 0. The molecular formula is C19H34IN5. The van der Waals surface area contributed by atoms with E-state index in [1.807, 2.05) is 0 Å². The number of rotatable bonds is 7. The van der Waals surface area contributed by atoms with E-state index in [2.05, 4.69) is 70.5 Å². The van der Waals surface area contributed by atoms with E-state index in [9.17, 15) is 0 Å². The van der Waals surface area contributed by atoms with Gasteiger partial charge in [-0.25, -0.2) is 4.99 Å². The molecule has 5 nitrogen and oxygen atoms in total. The van der Waals surface area contributed by atoms with Crippen LogP contribution in [0, 0.1) is 6.92 Å². The van der Waals surface area contributed by atoms with Gasteiger partial charge in [0.1, 0.15) is 0 Å². The molecule has 0 aliphatic carbocycles. The van der Waals surface area contributed by atoms with Crippen LogP contribution in [0.15, 0.2) is 29.3 Å². The summed E-state index contributed by atoms with van der Waals surface area (Å²) >= 11 is 0.